The molecule has 1 aliphatic heterocycles. The highest BCUT2D eigenvalue weighted by atomic mass is 35.5. The standard InChI is InChI=1S/C32H26ClF2N7O3/c1-17-37-13-19(14-38-17)18-9-10-26-23(11-18)30(31(36)44)40-42(26)16-28(43)41-15-20(34)12-27(41)32(45)39-25-8-4-6-22(29(25)35)21-5-2-3-7-24(21)33/h2-11,13-14,20,27H,12,15-16H2,1H3,(H2,36,44)(H,39,45). The quantitative estimate of drug-likeness (QED) is 0.262. The van der Waals surface area contributed by atoms with Crippen molar-refractivity contribution in [1.29, 1.82) is 0 Å². The largest absolute Gasteiger partial charge is 0.364 e. The lowest BCUT2D eigenvalue weighted by Crippen LogP contribution is -2.44. The monoisotopic (exact) mass is 629 g/mol. The van der Waals surface area contributed by atoms with E-state index in [-0.39, 0.29) is 29.9 Å². The summed E-state index contributed by atoms with van der Waals surface area (Å²) in [5.74, 6) is -2.27. The molecule has 0 bridgehead atoms. The van der Waals surface area contributed by atoms with Crippen LogP contribution in [0.25, 0.3) is 33.2 Å². The summed E-state index contributed by atoms with van der Waals surface area (Å²) in [4.78, 5) is 48.6. The van der Waals surface area contributed by atoms with Gasteiger partial charge in [0, 0.05) is 45.9 Å². The van der Waals surface area contributed by atoms with Gasteiger partial charge in [-0.2, -0.15) is 5.10 Å². The van der Waals surface area contributed by atoms with Crippen molar-refractivity contribution in [1.82, 2.24) is 24.6 Å². The molecule has 5 aromatic rings. The van der Waals surface area contributed by atoms with Gasteiger partial charge in [0.05, 0.1) is 17.7 Å². The maximum atomic E-state index is 15.5. The molecule has 13 heteroatoms. The molecule has 1 aliphatic rings. The second kappa shape index (κ2) is 12.0. The number of aromatic nitrogens is 4. The molecule has 3 aromatic carbocycles. The number of carbonyl (C=O) groups is 3. The Balaban J connectivity index is 1.25. The Hall–Kier alpha value is -5.23. The average Bonchev–Trinajstić information content (AvgIpc) is 3.59. The summed E-state index contributed by atoms with van der Waals surface area (Å²) in [6.45, 7) is 1.03. The molecule has 10 nitrogen and oxygen atoms in total. The van der Waals surface area contributed by atoms with Gasteiger partial charge in [0.1, 0.15) is 24.6 Å². The number of nitrogens with zero attached hydrogens (tertiary/aromatic N) is 5. The number of nitrogens with one attached hydrogen (secondary N) is 1. The Bertz CT molecular complexity index is 1960. The lowest BCUT2D eigenvalue weighted by atomic mass is 10.0. The summed E-state index contributed by atoms with van der Waals surface area (Å²) in [6.07, 6.45) is 1.55. The van der Waals surface area contributed by atoms with Gasteiger partial charge < -0.3 is 16.0 Å². The first kappa shape index (κ1) is 29.8. The van der Waals surface area contributed by atoms with Gasteiger partial charge in [0.2, 0.25) is 11.8 Å². The van der Waals surface area contributed by atoms with Gasteiger partial charge in [-0.1, -0.05) is 48.0 Å². The number of hydrogen-bond donors (Lipinski definition) is 2. The smallest absolute Gasteiger partial charge is 0.269 e. The van der Waals surface area contributed by atoms with Crippen LogP contribution >= 0.6 is 11.6 Å². The number of rotatable bonds is 7. The molecular formula is C32H26ClF2N7O3. The first-order valence-electron chi connectivity index (χ1n) is 14.0. The molecule has 2 unspecified atom stereocenters. The fourth-order valence-corrected chi connectivity index (χ4v) is 5.70. The van der Waals surface area contributed by atoms with E-state index in [2.05, 4.69) is 20.4 Å². The van der Waals surface area contributed by atoms with Crippen molar-refractivity contribution >= 4 is 45.9 Å². The number of alkyl halides is 1. The lowest BCUT2D eigenvalue weighted by Gasteiger charge is -2.24. The Kier molecular flexibility index (Phi) is 7.98. The summed E-state index contributed by atoms with van der Waals surface area (Å²) >= 11 is 6.25. The van der Waals surface area contributed by atoms with E-state index in [4.69, 9.17) is 17.3 Å². The molecule has 0 aliphatic carbocycles. The minimum Gasteiger partial charge on any atom is -0.364 e. The number of hydrogen-bond acceptors (Lipinski definition) is 6. The third-order valence-corrected chi connectivity index (χ3v) is 8.01. The van der Waals surface area contributed by atoms with Crippen LogP contribution in [0.4, 0.5) is 14.5 Å². The summed E-state index contributed by atoms with van der Waals surface area (Å²) in [5.41, 5.74) is 7.87. The fraction of sp³-hybridized carbons (Fsp3) is 0.188. The fourth-order valence-electron chi connectivity index (χ4n) is 5.46. The highest BCUT2D eigenvalue weighted by Crippen LogP contribution is 2.33. The zero-order chi connectivity index (χ0) is 31.8. The van der Waals surface area contributed by atoms with Crippen LogP contribution in [0.2, 0.25) is 5.02 Å². The zero-order valence-corrected chi connectivity index (χ0v) is 24.6. The van der Waals surface area contributed by atoms with Gasteiger partial charge in [-0.3, -0.25) is 19.1 Å². The number of anilines is 1. The van der Waals surface area contributed by atoms with Crippen LogP contribution < -0.4 is 11.1 Å². The average molecular weight is 630 g/mol. The first-order chi connectivity index (χ1) is 21.6. The second-order valence-electron chi connectivity index (χ2n) is 10.7. The van der Waals surface area contributed by atoms with E-state index in [0.29, 0.717) is 38.4 Å². The van der Waals surface area contributed by atoms with Crippen LogP contribution in [-0.4, -0.2) is 61.1 Å². The third-order valence-electron chi connectivity index (χ3n) is 7.68. The first-order valence-corrected chi connectivity index (χ1v) is 14.4. The summed E-state index contributed by atoms with van der Waals surface area (Å²) in [6, 6.07) is 15.1. The normalized spacial score (nSPS) is 16.2. The van der Waals surface area contributed by atoms with Crippen LogP contribution in [0.1, 0.15) is 22.7 Å². The Morgan fingerprint density at radius 3 is 2.49 bits per heavy atom. The van der Waals surface area contributed by atoms with Crippen LogP contribution in [-0.2, 0) is 16.1 Å². The Morgan fingerprint density at radius 1 is 1.02 bits per heavy atom. The highest BCUT2D eigenvalue weighted by Gasteiger charge is 2.40. The number of fused-ring (bicyclic) bond motifs is 1. The van der Waals surface area contributed by atoms with E-state index in [1.807, 2.05) is 0 Å². The van der Waals surface area contributed by atoms with Crippen molar-refractivity contribution in [3.8, 4) is 22.3 Å². The highest BCUT2D eigenvalue weighted by molar-refractivity contribution is 6.33. The number of benzene rings is 3. The van der Waals surface area contributed by atoms with Gasteiger partial charge in [-0.05, 0) is 36.8 Å². The predicted molar refractivity (Wildman–Crippen MR) is 165 cm³/mol. The molecule has 0 spiro atoms. The minimum atomic E-state index is -1.47. The molecule has 3 heterocycles. The van der Waals surface area contributed by atoms with Crippen LogP contribution in [0.3, 0.4) is 0 Å². The van der Waals surface area contributed by atoms with Gasteiger partial charge in [0.25, 0.3) is 5.91 Å². The summed E-state index contributed by atoms with van der Waals surface area (Å²) in [7, 11) is 0. The molecule has 0 saturated carbocycles. The van der Waals surface area contributed by atoms with Crippen molar-refractivity contribution in [2.75, 3.05) is 11.9 Å². The molecule has 228 valence electrons. The number of primary amides is 1. The molecule has 2 aromatic heterocycles. The van der Waals surface area contributed by atoms with E-state index in [1.165, 1.54) is 16.8 Å². The molecule has 0 radical (unpaired) electrons. The van der Waals surface area contributed by atoms with E-state index < -0.39 is 42.3 Å². The van der Waals surface area contributed by atoms with Crippen LogP contribution in [0, 0.1) is 12.7 Å². The number of carbonyl (C=O) groups excluding carboxylic acids is 3. The van der Waals surface area contributed by atoms with Crippen molar-refractivity contribution < 1.29 is 23.2 Å². The van der Waals surface area contributed by atoms with Crippen molar-refractivity contribution in [3.63, 3.8) is 0 Å². The van der Waals surface area contributed by atoms with Crippen LogP contribution in [0.15, 0.2) is 73.1 Å². The molecule has 1 fully saturated rings. The maximum Gasteiger partial charge on any atom is 0.269 e. The van der Waals surface area contributed by atoms with E-state index in [0.717, 1.165) is 4.90 Å². The number of likely N-dealkylation sites (tertiary alicyclic amines) is 1. The lowest BCUT2D eigenvalue weighted by molar-refractivity contribution is -0.137. The third kappa shape index (κ3) is 5.84. The Morgan fingerprint density at radius 2 is 1.76 bits per heavy atom. The van der Waals surface area contributed by atoms with Gasteiger partial charge >= 0.3 is 0 Å². The van der Waals surface area contributed by atoms with Gasteiger partial charge in [-0.25, -0.2) is 18.7 Å². The van der Waals surface area contributed by atoms with E-state index in [1.54, 1.807) is 67.8 Å². The predicted octanol–water partition coefficient (Wildman–Crippen LogP) is 4.94. The summed E-state index contributed by atoms with van der Waals surface area (Å²) < 4.78 is 31.5. The topological polar surface area (TPSA) is 136 Å². The molecule has 6 rings (SSSR count). The minimum absolute atomic E-state index is 0.0550. The maximum absolute atomic E-state index is 15.5. The van der Waals surface area contributed by atoms with Gasteiger partial charge in [-0.15, -0.1) is 0 Å². The number of aryl methyl sites for hydroxylation is 1. The number of halogens is 3. The van der Waals surface area contributed by atoms with Crippen LogP contribution in [0.5, 0.6) is 0 Å². The Labute approximate surface area is 260 Å². The van der Waals surface area contributed by atoms with Crippen molar-refractivity contribution in [2.24, 2.45) is 5.73 Å². The number of nitrogens with two attached hydrogens (primary N) is 1. The molecule has 1 saturated heterocycles. The number of amides is 3. The van der Waals surface area contributed by atoms with Gasteiger partial charge in [0.15, 0.2) is 11.5 Å². The zero-order valence-electron chi connectivity index (χ0n) is 23.9. The summed E-state index contributed by atoms with van der Waals surface area (Å²) in [5, 5.41) is 7.52. The second-order valence-corrected chi connectivity index (χ2v) is 11.1. The van der Waals surface area contributed by atoms with E-state index >= 15 is 4.39 Å². The molecular weight excluding hydrogens is 604 g/mol. The molecule has 45 heavy (non-hydrogen) atoms. The SMILES string of the molecule is Cc1ncc(-c2ccc3c(c2)c(C(N)=O)nn3CC(=O)N2CC(F)CC2C(=O)Nc2cccc(-c3ccccc3Cl)c2F)cn1. The molecule has 2 atom stereocenters. The van der Waals surface area contributed by atoms with Crippen molar-refractivity contribution in [3.05, 3.63) is 95.4 Å². The molecule has 3 amide bonds. The van der Waals surface area contributed by atoms with Crippen molar-refractivity contribution in [2.45, 2.75) is 32.1 Å². The molecule has 3 N–H and O–H groups in total. The van der Waals surface area contributed by atoms with E-state index in [9.17, 15) is 18.8 Å².